The fraction of sp³-hybridized carbons (Fsp3) is 0.450. The van der Waals surface area contributed by atoms with Gasteiger partial charge in [-0.25, -0.2) is 14.5 Å². The molecule has 0 radical (unpaired) electrons. The number of methoxy groups -OCH3 is 1. The van der Waals surface area contributed by atoms with Crippen LogP contribution in [0.5, 0.6) is 0 Å². The lowest BCUT2D eigenvalue weighted by atomic mass is 9.94. The Morgan fingerprint density at radius 2 is 1.69 bits per heavy atom. The smallest absolute Gasteiger partial charge is 0.334 e. The first-order valence-electron chi connectivity index (χ1n) is 9.36. The predicted molar refractivity (Wildman–Crippen MR) is 100 cm³/mol. The lowest BCUT2D eigenvalue weighted by Crippen LogP contribution is -2.52. The van der Waals surface area contributed by atoms with Crippen molar-refractivity contribution in [2.75, 3.05) is 20.2 Å². The zero-order chi connectivity index (χ0) is 21.3. The maximum atomic E-state index is 13.0. The Hall–Kier alpha value is -3.23. The Morgan fingerprint density at radius 3 is 2.31 bits per heavy atom. The van der Waals surface area contributed by atoms with Crippen molar-refractivity contribution in [3.05, 3.63) is 35.4 Å². The van der Waals surface area contributed by atoms with Gasteiger partial charge in [0.1, 0.15) is 12.6 Å². The van der Waals surface area contributed by atoms with E-state index in [-0.39, 0.29) is 25.4 Å². The molecule has 1 atom stereocenters. The van der Waals surface area contributed by atoms with Gasteiger partial charge in [0.25, 0.3) is 0 Å². The fourth-order valence-electron chi connectivity index (χ4n) is 3.57. The van der Waals surface area contributed by atoms with E-state index in [1.807, 2.05) is 38.1 Å². The summed E-state index contributed by atoms with van der Waals surface area (Å²) in [5.74, 6) is -3.17. The van der Waals surface area contributed by atoms with Gasteiger partial charge in [-0.3, -0.25) is 19.3 Å². The van der Waals surface area contributed by atoms with Gasteiger partial charge in [0, 0.05) is 19.5 Å². The van der Waals surface area contributed by atoms with Gasteiger partial charge in [-0.15, -0.1) is 0 Å². The first kappa shape index (κ1) is 20.5. The van der Waals surface area contributed by atoms with E-state index in [0.717, 1.165) is 16.0 Å². The first-order chi connectivity index (χ1) is 13.7. The third kappa shape index (κ3) is 3.85. The van der Waals surface area contributed by atoms with Crippen LogP contribution in [0.4, 0.5) is 4.79 Å². The number of urea groups is 1. The summed E-state index contributed by atoms with van der Waals surface area (Å²) in [7, 11) is 1.24. The van der Waals surface area contributed by atoms with Crippen LogP contribution in [0.15, 0.2) is 24.3 Å². The molecule has 9 nitrogen and oxygen atoms in total. The summed E-state index contributed by atoms with van der Waals surface area (Å²) < 4.78 is 4.83. The van der Waals surface area contributed by atoms with Gasteiger partial charge in [-0.05, 0) is 17.0 Å². The van der Waals surface area contributed by atoms with E-state index in [2.05, 4.69) is 0 Å². The maximum absolute atomic E-state index is 13.0. The van der Waals surface area contributed by atoms with E-state index in [1.165, 1.54) is 12.0 Å². The van der Waals surface area contributed by atoms with Gasteiger partial charge in [-0.1, -0.05) is 38.1 Å². The van der Waals surface area contributed by atoms with E-state index in [1.54, 1.807) is 0 Å². The molecule has 5 amide bonds. The molecule has 0 spiro atoms. The van der Waals surface area contributed by atoms with Crippen molar-refractivity contribution < 1.29 is 28.7 Å². The summed E-state index contributed by atoms with van der Waals surface area (Å²) in [6, 6.07) is 5.73. The molecule has 0 saturated carbocycles. The zero-order valence-electron chi connectivity index (χ0n) is 16.6. The molecule has 0 bridgehead atoms. The Labute approximate surface area is 168 Å². The van der Waals surface area contributed by atoms with Crippen molar-refractivity contribution in [2.45, 2.75) is 32.9 Å². The number of ether oxygens (including phenoxy) is 1. The summed E-state index contributed by atoms with van der Waals surface area (Å²) in [5, 5.41) is 0. The number of nitrogens with zero attached hydrogens (tertiary/aromatic N) is 3. The largest absolute Gasteiger partial charge is 0.467 e. The summed E-state index contributed by atoms with van der Waals surface area (Å²) in [5.41, 5.74) is 1.80. The zero-order valence-corrected chi connectivity index (χ0v) is 16.6. The van der Waals surface area contributed by atoms with Crippen molar-refractivity contribution in [2.24, 2.45) is 5.92 Å². The van der Waals surface area contributed by atoms with Gasteiger partial charge in [-0.2, -0.15) is 0 Å². The Bertz CT molecular complexity index is 881. The molecular weight excluding hydrogens is 378 g/mol. The highest BCUT2D eigenvalue weighted by atomic mass is 16.5. The predicted octanol–water partition coefficient (Wildman–Crippen LogP) is 0.560. The highest BCUT2D eigenvalue weighted by molar-refractivity contribution is 6.45. The van der Waals surface area contributed by atoms with Gasteiger partial charge in [0.2, 0.25) is 5.91 Å². The number of esters is 1. The van der Waals surface area contributed by atoms with Crippen molar-refractivity contribution in [3.8, 4) is 0 Å². The second kappa shape index (κ2) is 8.02. The van der Waals surface area contributed by atoms with Crippen LogP contribution >= 0.6 is 0 Å². The van der Waals surface area contributed by atoms with E-state index in [0.29, 0.717) is 4.90 Å². The van der Waals surface area contributed by atoms with E-state index in [9.17, 15) is 24.0 Å². The second-order valence-corrected chi connectivity index (χ2v) is 7.52. The van der Waals surface area contributed by atoms with Gasteiger partial charge in [0.15, 0.2) is 0 Å². The highest BCUT2D eigenvalue weighted by Gasteiger charge is 2.46. The number of fused-ring (bicyclic) bond motifs is 1. The summed E-state index contributed by atoms with van der Waals surface area (Å²) in [4.78, 5) is 64.9. The number of hydrogen-bond acceptors (Lipinski definition) is 6. The highest BCUT2D eigenvalue weighted by Crippen LogP contribution is 2.25. The molecule has 0 aromatic heterocycles. The standard InChI is InChI=1S/C20H23N3O6/c1-12(2)9-22-17(25)18(26)23(20(22)28)11-16(24)21-10-14-7-5-4-6-13(14)8-15(21)19(27)29-3/h4-7,12,15H,8-11H2,1-3H3/t15-/m1/s1. The first-order valence-corrected chi connectivity index (χ1v) is 9.36. The SMILES string of the molecule is COC(=O)[C@H]1Cc2ccccc2CN1C(=O)CN1C(=O)C(=O)N(CC(C)C)C1=O. The number of carbonyl (C=O) groups excluding carboxylic acids is 5. The number of imide groups is 2. The summed E-state index contributed by atoms with van der Waals surface area (Å²) >= 11 is 0. The van der Waals surface area contributed by atoms with Crippen LogP contribution in [0.25, 0.3) is 0 Å². The fourth-order valence-corrected chi connectivity index (χ4v) is 3.57. The van der Waals surface area contributed by atoms with Crippen LogP contribution in [-0.2, 0) is 36.9 Å². The molecule has 1 fully saturated rings. The van der Waals surface area contributed by atoms with Gasteiger partial charge in [0.05, 0.1) is 7.11 Å². The molecule has 0 aliphatic carbocycles. The molecule has 1 aromatic carbocycles. The maximum Gasteiger partial charge on any atom is 0.334 e. The molecule has 2 aliphatic rings. The molecule has 9 heteroatoms. The van der Waals surface area contributed by atoms with Crippen molar-refractivity contribution in [1.29, 1.82) is 0 Å². The summed E-state index contributed by atoms with van der Waals surface area (Å²) in [6.45, 7) is 3.26. The number of rotatable bonds is 5. The molecule has 29 heavy (non-hydrogen) atoms. The Balaban J connectivity index is 1.81. The number of hydrogen-bond donors (Lipinski definition) is 0. The van der Waals surface area contributed by atoms with Crippen molar-refractivity contribution >= 4 is 29.7 Å². The quantitative estimate of drug-likeness (QED) is 0.406. The van der Waals surface area contributed by atoms with Crippen LogP contribution in [0.2, 0.25) is 0 Å². The van der Waals surface area contributed by atoms with Crippen LogP contribution in [0, 0.1) is 5.92 Å². The van der Waals surface area contributed by atoms with E-state index >= 15 is 0 Å². The van der Waals surface area contributed by atoms with Crippen molar-refractivity contribution in [1.82, 2.24) is 14.7 Å². The minimum atomic E-state index is -1.03. The molecule has 154 valence electrons. The normalized spacial score (nSPS) is 19.1. The third-order valence-electron chi connectivity index (χ3n) is 5.02. The molecule has 2 heterocycles. The lowest BCUT2D eigenvalue weighted by Gasteiger charge is -2.35. The third-order valence-corrected chi connectivity index (χ3v) is 5.02. The minimum Gasteiger partial charge on any atom is -0.467 e. The number of amides is 5. The molecular formula is C20H23N3O6. The van der Waals surface area contributed by atoms with Gasteiger partial charge < -0.3 is 9.64 Å². The Morgan fingerprint density at radius 1 is 1.07 bits per heavy atom. The van der Waals surface area contributed by atoms with Gasteiger partial charge >= 0.3 is 23.8 Å². The molecule has 3 rings (SSSR count). The van der Waals surface area contributed by atoms with Crippen LogP contribution < -0.4 is 0 Å². The van der Waals surface area contributed by atoms with Crippen LogP contribution in [-0.4, -0.2) is 70.7 Å². The molecule has 0 unspecified atom stereocenters. The average molecular weight is 401 g/mol. The average Bonchev–Trinajstić information content (AvgIpc) is 2.90. The summed E-state index contributed by atoms with van der Waals surface area (Å²) in [6.07, 6.45) is 0.273. The van der Waals surface area contributed by atoms with Crippen LogP contribution in [0.3, 0.4) is 0 Å². The molecule has 1 aromatic rings. The van der Waals surface area contributed by atoms with Crippen molar-refractivity contribution in [3.63, 3.8) is 0 Å². The lowest BCUT2D eigenvalue weighted by molar-refractivity contribution is -0.154. The van der Waals surface area contributed by atoms with E-state index < -0.39 is 42.3 Å². The van der Waals surface area contributed by atoms with E-state index in [4.69, 9.17) is 4.74 Å². The number of carbonyl (C=O) groups is 5. The Kier molecular flexibility index (Phi) is 5.67. The molecule has 2 aliphatic heterocycles. The second-order valence-electron chi connectivity index (χ2n) is 7.52. The minimum absolute atomic E-state index is 0.0198. The topological polar surface area (TPSA) is 104 Å². The van der Waals surface area contributed by atoms with Crippen LogP contribution in [0.1, 0.15) is 25.0 Å². The number of benzene rings is 1. The molecule has 1 saturated heterocycles. The molecule has 0 N–H and O–H groups in total. The monoisotopic (exact) mass is 401 g/mol.